The van der Waals surface area contributed by atoms with Gasteiger partial charge in [0, 0.05) is 63.6 Å². The molecule has 1 atom stereocenters. The number of rotatable bonds is 5. The number of ether oxygens (including phenoxy) is 1. The first kappa shape index (κ1) is 20.0. The van der Waals surface area contributed by atoms with Gasteiger partial charge in [-0.1, -0.05) is 0 Å². The highest BCUT2D eigenvalue weighted by molar-refractivity contribution is 5.78. The van der Waals surface area contributed by atoms with Crippen LogP contribution in [0.25, 0.3) is 0 Å². The summed E-state index contributed by atoms with van der Waals surface area (Å²) in [6, 6.07) is 9.20. The number of hydrogen-bond acceptors (Lipinski definition) is 5. The number of carbonyl (C=O) groups is 1. The molecule has 0 saturated carbocycles. The topological polar surface area (TPSA) is 39.3 Å². The molecule has 0 aromatic heterocycles. The number of hydrogen-bond donors (Lipinski definition) is 0. The van der Waals surface area contributed by atoms with Crippen LogP contribution in [0.4, 0.5) is 5.69 Å². The highest BCUT2D eigenvalue weighted by Crippen LogP contribution is 2.23. The maximum Gasteiger partial charge on any atom is 0.236 e. The van der Waals surface area contributed by atoms with Crippen molar-refractivity contribution in [2.45, 2.75) is 32.9 Å². The molecule has 0 N–H and O–H groups in total. The quantitative estimate of drug-likeness (QED) is 0.785. The molecule has 2 fully saturated rings. The second-order valence-electron chi connectivity index (χ2n) is 7.99. The van der Waals surface area contributed by atoms with Crippen molar-refractivity contribution in [3.05, 3.63) is 24.3 Å². The summed E-state index contributed by atoms with van der Waals surface area (Å²) in [4.78, 5) is 21.9. The molecule has 150 valence electrons. The van der Waals surface area contributed by atoms with E-state index in [1.54, 1.807) is 7.11 Å². The highest BCUT2D eigenvalue weighted by atomic mass is 16.5. The Morgan fingerprint density at radius 3 is 2.30 bits per heavy atom. The summed E-state index contributed by atoms with van der Waals surface area (Å²) >= 11 is 0. The average Bonchev–Trinajstić information content (AvgIpc) is 2.68. The molecule has 2 saturated heterocycles. The molecule has 1 aromatic rings. The first-order valence-corrected chi connectivity index (χ1v) is 10.1. The van der Waals surface area contributed by atoms with Crippen molar-refractivity contribution < 1.29 is 9.53 Å². The van der Waals surface area contributed by atoms with Gasteiger partial charge >= 0.3 is 0 Å². The Kier molecular flexibility index (Phi) is 6.60. The minimum atomic E-state index is 0.281. The molecule has 6 nitrogen and oxygen atoms in total. The van der Waals surface area contributed by atoms with Crippen LogP contribution in [-0.4, -0.2) is 92.2 Å². The standard InChI is InChI=1S/C21H34N4O2/c1-17(2)23-10-12-24(13-11-23)21(26)16-22-9-14-25(18(3)15-22)19-5-7-20(27-4)8-6-19/h5-8,17-18H,9-16H2,1-4H3. The van der Waals surface area contributed by atoms with E-state index in [1.165, 1.54) is 5.69 Å². The Morgan fingerprint density at radius 2 is 1.74 bits per heavy atom. The maximum atomic E-state index is 12.7. The molecule has 0 radical (unpaired) electrons. The van der Waals surface area contributed by atoms with Crippen molar-refractivity contribution in [3.63, 3.8) is 0 Å². The van der Waals surface area contributed by atoms with Crippen LogP contribution in [0.1, 0.15) is 20.8 Å². The van der Waals surface area contributed by atoms with Gasteiger partial charge in [0.05, 0.1) is 13.7 Å². The molecule has 2 heterocycles. The van der Waals surface area contributed by atoms with Gasteiger partial charge in [0.2, 0.25) is 5.91 Å². The fraction of sp³-hybridized carbons (Fsp3) is 0.667. The Balaban J connectivity index is 1.48. The number of methoxy groups -OCH3 is 1. The number of benzene rings is 1. The molecule has 1 amide bonds. The highest BCUT2D eigenvalue weighted by Gasteiger charge is 2.28. The molecule has 0 aliphatic carbocycles. The lowest BCUT2D eigenvalue weighted by atomic mass is 10.1. The number of carbonyl (C=O) groups excluding carboxylic acids is 1. The van der Waals surface area contributed by atoms with Gasteiger partial charge in [-0.25, -0.2) is 0 Å². The third-order valence-corrected chi connectivity index (χ3v) is 5.87. The molecule has 2 aliphatic rings. The van der Waals surface area contributed by atoms with Crippen LogP contribution in [0.2, 0.25) is 0 Å². The fourth-order valence-corrected chi connectivity index (χ4v) is 4.11. The summed E-state index contributed by atoms with van der Waals surface area (Å²) in [5.41, 5.74) is 1.22. The monoisotopic (exact) mass is 374 g/mol. The Labute approximate surface area is 163 Å². The van der Waals surface area contributed by atoms with Gasteiger partial charge in [0.15, 0.2) is 0 Å². The molecule has 0 bridgehead atoms. The smallest absolute Gasteiger partial charge is 0.236 e. The third-order valence-electron chi connectivity index (χ3n) is 5.87. The van der Waals surface area contributed by atoms with Gasteiger partial charge in [-0.15, -0.1) is 0 Å². The Hall–Kier alpha value is -1.79. The van der Waals surface area contributed by atoms with E-state index in [-0.39, 0.29) is 5.91 Å². The van der Waals surface area contributed by atoms with E-state index in [2.05, 4.69) is 47.6 Å². The summed E-state index contributed by atoms with van der Waals surface area (Å²) in [5, 5.41) is 0. The van der Waals surface area contributed by atoms with E-state index >= 15 is 0 Å². The van der Waals surface area contributed by atoms with Crippen molar-refractivity contribution >= 4 is 11.6 Å². The second kappa shape index (κ2) is 8.93. The lowest BCUT2D eigenvalue weighted by Crippen LogP contribution is -2.56. The summed E-state index contributed by atoms with van der Waals surface area (Å²) in [6.45, 7) is 13.7. The van der Waals surface area contributed by atoms with E-state index in [0.29, 0.717) is 18.6 Å². The van der Waals surface area contributed by atoms with Gasteiger partial charge in [-0.3, -0.25) is 14.6 Å². The summed E-state index contributed by atoms with van der Waals surface area (Å²) in [6.07, 6.45) is 0. The molecule has 6 heteroatoms. The number of amides is 1. The maximum absolute atomic E-state index is 12.7. The van der Waals surface area contributed by atoms with E-state index in [0.717, 1.165) is 51.6 Å². The van der Waals surface area contributed by atoms with Gasteiger partial charge in [0.25, 0.3) is 0 Å². The van der Waals surface area contributed by atoms with Crippen molar-refractivity contribution in [3.8, 4) is 5.75 Å². The predicted molar refractivity (Wildman–Crippen MR) is 110 cm³/mol. The first-order valence-electron chi connectivity index (χ1n) is 10.1. The van der Waals surface area contributed by atoms with Crippen LogP contribution in [-0.2, 0) is 4.79 Å². The molecule has 1 unspecified atom stereocenters. The minimum Gasteiger partial charge on any atom is -0.497 e. The molecule has 2 aliphatic heterocycles. The molecular formula is C21H34N4O2. The normalized spacial score (nSPS) is 22.3. The Morgan fingerprint density at radius 1 is 1.07 bits per heavy atom. The minimum absolute atomic E-state index is 0.281. The van der Waals surface area contributed by atoms with Crippen molar-refractivity contribution in [1.29, 1.82) is 0 Å². The lowest BCUT2D eigenvalue weighted by Gasteiger charge is -2.42. The number of piperazine rings is 2. The molecule has 3 rings (SSSR count). The van der Waals surface area contributed by atoms with Gasteiger partial charge in [-0.05, 0) is 45.0 Å². The largest absolute Gasteiger partial charge is 0.497 e. The summed E-state index contributed by atoms with van der Waals surface area (Å²) in [5.74, 6) is 1.16. The van der Waals surface area contributed by atoms with Crippen LogP contribution in [0.5, 0.6) is 5.75 Å². The van der Waals surface area contributed by atoms with Crippen molar-refractivity contribution in [2.24, 2.45) is 0 Å². The lowest BCUT2D eigenvalue weighted by molar-refractivity contribution is -0.134. The van der Waals surface area contributed by atoms with E-state index in [4.69, 9.17) is 4.74 Å². The summed E-state index contributed by atoms with van der Waals surface area (Å²) in [7, 11) is 1.69. The fourth-order valence-electron chi connectivity index (χ4n) is 4.11. The van der Waals surface area contributed by atoms with Crippen LogP contribution >= 0.6 is 0 Å². The predicted octanol–water partition coefficient (Wildman–Crippen LogP) is 1.76. The zero-order valence-corrected chi connectivity index (χ0v) is 17.2. The molecule has 27 heavy (non-hydrogen) atoms. The van der Waals surface area contributed by atoms with Crippen LogP contribution in [0.3, 0.4) is 0 Å². The van der Waals surface area contributed by atoms with Crippen LogP contribution in [0.15, 0.2) is 24.3 Å². The van der Waals surface area contributed by atoms with Crippen LogP contribution < -0.4 is 9.64 Å². The number of anilines is 1. The molecular weight excluding hydrogens is 340 g/mol. The van der Waals surface area contributed by atoms with Gasteiger partial charge in [-0.2, -0.15) is 0 Å². The van der Waals surface area contributed by atoms with Gasteiger partial charge < -0.3 is 14.5 Å². The third kappa shape index (κ3) is 4.93. The van der Waals surface area contributed by atoms with Crippen LogP contribution in [0, 0.1) is 0 Å². The van der Waals surface area contributed by atoms with Crippen molar-refractivity contribution in [1.82, 2.24) is 14.7 Å². The second-order valence-corrected chi connectivity index (χ2v) is 7.99. The zero-order valence-electron chi connectivity index (χ0n) is 17.2. The summed E-state index contributed by atoms with van der Waals surface area (Å²) < 4.78 is 5.25. The number of nitrogens with zero attached hydrogens (tertiary/aromatic N) is 4. The molecule has 1 aromatic carbocycles. The molecule has 0 spiro atoms. The van der Waals surface area contributed by atoms with E-state index in [9.17, 15) is 4.79 Å². The first-order chi connectivity index (χ1) is 13.0. The average molecular weight is 375 g/mol. The van der Waals surface area contributed by atoms with Gasteiger partial charge in [0.1, 0.15) is 5.75 Å². The van der Waals surface area contributed by atoms with Crippen molar-refractivity contribution in [2.75, 3.05) is 64.4 Å². The van der Waals surface area contributed by atoms with E-state index < -0.39 is 0 Å². The zero-order chi connectivity index (χ0) is 19.4. The SMILES string of the molecule is COc1ccc(N2CCN(CC(=O)N3CCN(C(C)C)CC3)CC2C)cc1. The van der Waals surface area contributed by atoms with E-state index in [1.807, 2.05) is 17.0 Å². The Bertz CT molecular complexity index is 611.